The highest BCUT2D eigenvalue weighted by Gasteiger charge is 2.22. The molecular formula is C13H20BrN3O2. The normalized spacial score (nSPS) is 22.7. The smallest absolute Gasteiger partial charge is 0.283 e. The number of halogens is 1. The lowest BCUT2D eigenvalue weighted by atomic mass is 10.1. The van der Waals surface area contributed by atoms with Crippen LogP contribution in [-0.4, -0.2) is 29.5 Å². The zero-order valence-electron chi connectivity index (χ0n) is 11.4. The Morgan fingerprint density at radius 1 is 1.58 bits per heavy atom. The number of nitrogens with one attached hydrogen (secondary N) is 1. The zero-order valence-corrected chi connectivity index (χ0v) is 12.9. The van der Waals surface area contributed by atoms with Crippen LogP contribution in [0.5, 0.6) is 0 Å². The first-order valence-electron chi connectivity index (χ1n) is 6.63. The maximum Gasteiger partial charge on any atom is 0.283 e. The van der Waals surface area contributed by atoms with E-state index in [-0.39, 0.29) is 5.56 Å². The van der Waals surface area contributed by atoms with E-state index in [0.29, 0.717) is 23.7 Å². The number of hydrogen-bond donors (Lipinski definition) is 1. The molecule has 106 valence electrons. The highest BCUT2D eigenvalue weighted by molar-refractivity contribution is 9.10. The number of anilines is 1. The van der Waals surface area contributed by atoms with E-state index in [0.717, 1.165) is 24.4 Å². The monoisotopic (exact) mass is 329 g/mol. The number of methoxy groups -OCH3 is 1. The summed E-state index contributed by atoms with van der Waals surface area (Å²) in [5.41, 5.74) is 0.672. The standard InChI is InChI=1S/C13H20BrN3O2/c1-9-3-4-10(7-9)16-11-8-15-17(5-6-19-2)13(18)12(11)14/h8-10,16H,3-7H2,1-2H3. The van der Waals surface area contributed by atoms with Crippen LogP contribution in [0.25, 0.3) is 0 Å². The lowest BCUT2D eigenvalue weighted by Crippen LogP contribution is -2.27. The van der Waals surface area contributed by atoms with E-state index in [1.54, 1.807) is 13.3 Å². The Labute approximate surface area is 121 Å². The molecule has 0 saturated heterocycles. The minimum absolute atomic E-state index is 0.118. The second-order valence-electron chi connectivity index (χ2n) is 5.15. The van der Waals surface area contributed by atoms with Gasteiger partial charge < -0.3 is 10.1 Å². The third-order valence-corrected chi connectivity index (χ3v) is 4.31. The van der Waals surface area contributed by atoms with Gasteiger partial charge in [-0.2, -0.15) is 5.10 Å². The maximum absolute atomic E-state index is 12.1. The molecule has 1 N–H and O–H groups in total. The summed E-state index contributed by atoms with van der Waals surface area (Å²) in [7, 11) is 1.61. The van der Waals surface area contributed by atoms with E-state index in [1.807, 2.05) is 0 Å². The molecule has 0 bridgehead atoms. The number of rotatable bonds is 5. The Balaban J connectivity index is 2.10. The first-order chi connectivity index (χ1) is 9.11. The second-order valence-corrected chi connectivity index (χ2v) is 5.95. The number of nitrogens with zero attached hydrogens (tertiary/aromatic N) is 2. The molecule has 2 atom stereocenters. The Morgan fingerprint density at radius 2 is 2.37 bits per heavy atom. The molecule has 1 aliphatic carbocycles. The van der Waals surface area contributed by atoms with E-state index in [1.165, 1.54) is 11.1 Å². The summed E-state index contributed by atoms with van der Waals surface area (Å²) in [6.45, 7) is 3.21. The fourth-order valence-electron chi connectivity index (χ4n) is 2.46. The quantitative estimate of drug-likeness (QED) is 0.900. The van der Waals surface area contributed by atoms with E-state index >= 15 is 0 Å². The highest BCUT2D eigenvalue weighted by Crippen LogP contribution is 2.28. The van der Waals surface area contributed by atoms with E-state index < -0.39 is 0 Å². The van der Waals surface area contributed by atoms with Gasteiger partial charge in [0.1, 0.15) is 4.47 Å². The summed E-state index contributed by atoms with van der Waals surface area (Å²) in [6, 6.07) is 0.447. The van der Waals surface area contributed by atoms with Crippen LogP contribution in [0, 0.1) is 5.92 Å². The Morgan fingerprint density at radius 3 is 3.00 bits per heavy atom. The molecule has 0 spiro atoms. The Bertz CT molecular complexity index is 489. The summed E-state index contributed by atoms with van der Waals surface area (Å²) in [6.07, 6.45) is 5.26. The van der Waals surface area contributed by atoms with E-state index in [2.05, 4.69) is 33.3 Å². The largest absolute Gasteiger partial charge is 0.383 e. The van der Waals surface area contributed by atoms with Gasteiger partial charge in [0.2, 0.25) is 0 Å². The fraction of sp³-hybridized carbons (Fsp3) is 0.692. The van der Waals surface area contributed by atoms with Gasteiger partial charge in [0, 0.05) is 13.2 Å². The molecule has 1 aromatic heterocycles. The Hall–Kier alpha value is -0.880. The molecule has 0 amide bonds. The number of ether oxygens (including phenoxy) is 1. The van der Waals surface area contributed by atoms with Crippen LogP contribution < -0.4 is 10.9 Å². The minimum atomic E-state index is -0.118. The van der Waals surface area contributed by atoms with Gasteiger partial charge in [-0.05, 0) is 41.1 Å². The molecule has 0 radical (unpaired) electrons. The average Bonchev–Trinajstić information content (AvgIpc) is 2.80. The number of aromatic nitrogens is 2. The molecular weight excluding hydrogens is 310 g/mol. The van der Waals surface area contributed by atoms with Gasteiger partial charge in [0.05, 0.1) is 25.0 Å². The third kappa shape index (κ3) is 3.57. The predicted octanol–water partition coefficient (Wildman–Crippen LogP) is 2.25. The van der Waals surface area contributed by atoms with Gasteiger partial charge in [-0.15, -0.1) is 0 Å². The van der Waals surface area contributed by atoms with Crippen molar-refractivity contribution < 1.29 is 4.74 Å². The third-order valence-electron chi connectivity index (χ3n) is 3.55. The van der Waals surface area contributed by atoms with Crippen molar-refractivity contribution in [3.8, 4) is 0 Å². The Kier molecular flexibility index (Phi) is 4.99. The van der Waals surface area contributed by atoms with Crippen molar-refractivity contribution in [3.63, 3.8) is 0 Å². The minimum Gasteiger partial charge on any atom is -0.383 e. The molecule has 1 fully saturated rings. The molecule has 2 rings (SSSR count). The first-order valence-corrected chi connectivity index (χ1v) is 7.42. The van der Waals surface area contributed by atoms with Gasteiger partial charge in [-0.1, -0.05) is 6.92 Å². The van der Waals surface area contributed by atoms with Crippen LogP contribution in [0.2, 0.25) is 0 Å². The van der Waals surface area contributed by atoms with Crippen molar-refractivity contribution in [1.82, 2.24) is 9.78 Å². The van der Waals surface area contributed by atoms with Crippen molar-refractivity contribution in [3.05, 3.63) is 21.0 Å². The molecule has 19 heavy (non-hydrogen) atoms. The van der Waals surface area contributed by atoms with Crippen molar-refractivity contribution >= 4 is 21.6 Å². The number of hydrogen-bond acceptors (Lipinski definition) is 4. The predicted molar refractivity (Wildman–Crippen MR) is 78.5 cm³/mol. The van der Waals surface area contributed by atoms with Gasteiger partial charge in [0.25, 0.3) is 5.56 Å². The summed E-state index contributed by atoms with van der Waals surface area (Å²) in [5.74, 6) is 0.756. The summed E-state index contributed by atoms with van der Waals surface area (Å²) in [5, 5.41) is 7.58. The SMILES string of the molecule is COCCn1ncc(NC2CCC(C)C2)c(Br)c1=O. The van der Waals surface area contributed by atoms with Crippen LogP contribution in [0.4, 0.5) is 5.69 Å². The molecule has 2 unspecified atom stereocenters. The summed E-state index contributed by atoms with van der Waals surface area (Å²) in [4.78, 5) is 12.1. The molecule has 5 nitrogen and oxygen atoms in total. The van der Waals surface area contributed by atoms with Gasteiger partial charge in [-0.3, -0.25) is 4.79 Å². The molecule has 1 heterocycles. The van der Waals surface area contributed by atoms with Gasteiger partial charge >= 0.3 is 0 Å². The fourth-order valence-corrected chi connectivity index (χ4v) is 2.88. The van der Waals surface area contributed by atoms with E-state index in [4.69, 9.17) is 4.74 Å². The van der Waals surface area contributed by atoms with Crippen LogP contribution in [0.1, 0.15) is 26.2 Å². The van der Waals surface area contributed by atoms with Crippen molar-refractivity contribution in [2.75, 3.05) is 19.0 Å². The summed E-state index contributed by atoms with van der Waals surface area (Å²) >= 11 is 3.37. The zero-order chi connectivity index (χ0) is 13.8. The van der Waals surface area contributed by atoms with Crippen LogP contribution in [-0.2, 0) is 11.3 Å². The molecule has 1 aliphatic rings. The van der Waals surface area contributed by atoms with Crippen molar-refractivity contribution in [2.45, 2.75) is 38.8 Å². The van der Waals surface area contributed by atoms with Gasteiger partial charge in [-0.25, -0.2) is 4.68 Å². The lowest BCUT2D eigenvalue weighted by Gasteiger charge is -2.15. The van der Waals surface area contributed by atoms with Crippen molar-refractivity contribution in [1.29, 1.82) is 0 Å². The van der Waals surface area contributed by atoms with E-state index in [9.17, 15) is 4.79 Å². The molecule has 1 saturated carbocycles. The molecule has 6 heteroatoms. The lowest BCUT2D eigenvalue weighted by molar-refractivity contribution is 0.181. The molecule has 0 aliphatic heterocycles. The average molecular weight is 330 g/mol. The second kappa shape index (κ2) is 6.52. The molecule has 1 aromatic rings. The van der Waals surface area contributed by atoms with Crippen LogP contribution in [0.3, 0.4) is 0 Å². The van der Waals surface area contributed by atoms with Gasteiger partial charge in [0.15, 0.2) is 0 Å². The molecule has 0 aromatic carbocycles. The highest BCUT2D eigenvalue weighted by atomic mass is 79.9. The van der Waals surface area contributed by atoms with Crippen LogP contribution >= 0.6 is 15.9 Å². The van der Waals surface area contributed by atoms with Crippen molar-refractivity contribution in [2.24, 2.45) is 5.92 Å². The maximum atomic E-state index is 12.1. The topological polar surface area (TPSA) is 56.1 Å². The summed E-state index contributed by atoms with van der Waals surface area (Å²) < 4.78 is 6.93. The first kappa shape index (κ1) is 14.5. The van der Waals surface area contributed by atoms with Crippen LogP contribution in [0.15, 0.2) is 15.5 Å².